The van der Waals surface area contributed by atoms with Gasteiger partial charge in [0.05, 0.1) is 5.56 Å². The van der Waals surface area contributed by atoms with Crippen molar-refractivity contribution in [1.29, 1.82) is 0 Å². The molecule has 0 bridgehead atoms. The standard InChI is InChI=1S/C19H19NO5/c1-2-6-17(22)20(13-21)25-19(24)16-11-9-15(10-12-16)18(23)14-7-4-3-5-8-14/h3-5,7-12,21H,2,6,13H2,1H3. The predicted molar refractivity (Wildman–Crippen MR) is 90.6 cm³/mol. The Labute approximate surface area is 145 Å². The highest BCUT2D eigenvalue weighted by atomic mass is 16.7. The molecule has 0 saturated carbocycles. The van der Waals surface area contributed by atoms with Gasteiger partial charge < -0.3 is 9.94 Å². The summed E-state index contributed by atoms with van der Waals surface area (Å²) in [6, 6.07) is 14.7. The third-order valence-electron chi connectivity index (χ3n) is 3.48. The van der Waals surface area contributed by atoms with Gasteiger partial charge in [-0.15, -0.1) is 5.06 Å². The lowest BCUT2D eigenvalue weighted by atomic mass is 10.0. The van der Waals surface area contributed by atoms with E-state index in [1.165, 1.54) is 24.3 Å². The summed E-state index contributed by atoms with van der Waals surface area (Å²) in [5.74, 6) is -1.41. The zero-order valence-corrected chi connectivity index (χ0v) is 13.8. The van der Waals surface area contributed by atoms with E-state index in [2.05, 4.69) is 0 Å². The van der Waals surface area contributed by atoms with E-state index in [0.717, 1.165) is 0 Å². The first kappa shape index (κ1) is 18.4. The minimum absolute atomic E-state index is 0.157. The maximum absolute atomic E-state index is 12.3. The quantitative estimate of drug-likeness (QED) is 0.496. The van der Waals surface area contributed by atoms with Gasteiger partial charge in [0.15, 0.2) is 12.5 Å². The molecule has 1 N–H and O–H groups in total. The maximum atomic E-state index is 12.3. The second-order valence-corrected chi connectivity index (χ2v) is 5.31. The summed E-state index contributed by atoms with van der Waals surface area (Å²) < 4.78 is 0. The molecule has 0 aliphatic heterocycles. The summed E-state index contributed by atoms with van der Waals surface area (Å²) >= 11 is 0. The Kier molecular flexibility index (Phi) is 6.42. The molecule has 2 aromatic carbocycles. The van der Waals surface area contributed by atoms with Crippen molar-refractivity contribution in [3.05, 3.63) is 71.3 Å². The summed E-state index contributed by atoms with van der Waals surface area (Å²) in [5.41, 5.74) is 1.16. The number of ketones is 1. The van der Waals surface area contributed by atoms with Gasteiger partial charge in [0.25, 0.3) is 5.91 Å². The Hall–Kier alpha value is -2.99. The molecule has 0 aliphatic carbocycles. The molecule has 0 fully saturated rings. The van der Waals surface area contributed by atoms with Crippen LogP contribution in [-0.4, -0.2) is 34.6 Å². The SMILES string of the molecule is CCCC(=O)N(CO)OC(=O)c1ccc(C(=O)c2ccccc2)cc1. The molecule has 6 nitrogen and oxygen atoms in total. The van der Waals surface area contributed by atoms with Gasteiger partial charge in [0.2, 0.25) is 0 Å². The molecule has 0 saturated heterocycles. The number of amides is 1. The molecule has 0 unspecified atom stereocenters. The summed E-state index contributed by atoms with van der Waals surface area (Å²) in [4.78, 5) is 41.0. The summed E-state index contributed by atoms with van der Waals surface area (Å²) in [6.07, 6.45) is 0.738. The number of aliphatic hydroxyl groups is 1. The van der Waals surface area contributed by atoms with Crippen LogP contribution < -0.4 is 0 Å². The second-order valence-electron chi connectivity index (χ2n) is 5.31. The van der Waals surface area contributed by atoms with E-state index in [1.807, 2.05) is 6.07 Å². The zero-order valence-electron chi connectivity index (χ0n) is 13.8. The number of carbonyl (C=O) groups is 3. The molecular weight excluding hydrogens is 322 g/mol. The Morgan fingerprint density at radius 2 is 1.48 bits per heavy atom. The second kappa shape index (κ2) is 8.75. The van der Waals surface area contributed by atoms with Crippen molar-refractivity contribution in [2.45, 2.75) is 19.8 Å². The van der Waals surface area contributed by atoms with Gasteiger partial charge in [-0.2, -0.15) is 0 Å². The number of hydrogen-bond acceptors (Lipinski definition) is 5. The number of hydrogen-bond donors (Lipinski definition) is 1. The van der Waals surface area contributed by atoms with E-state index in [4.69, 9.17) is 9.94 Å². The first-order valence-electron chi connectivity index (χ1n) is 7.90. The highest BCUT2D eigenvalue weighted by Crippen LogP contribution is 2.12. The van der Waals surface area contributed by atoms with Crippen molar-refractivity contribution in [2.75, 3.05) is 6.73 Å². The molecule has 25 heavy (non-hydrogen) atoms. The number of aliphatic hydroxyl groups excluding tert-OH is 1. The fraction of sp³-hybridized carbons (Fsp3) is 0.211. The Bertz CT molecular complexity index is 740. The summed E-state index contributed by atoms with van der Waals surface area (Å²) in [6.45, 7) is 1.09. The Balaban J connectivity index is 2.07. The maximum Gasteiger partial charge on any atom is 0.363 e. The molecule has 1 amide bonds. The monoisotopic (exact) mass is 341 g/mol. The highest BCUT2D eigenvalue weighted by molar-refractivity contribution is 6.09. The van der Waals surface area contributed by atoms with Crippen molar-refractivity contribution in [2.24, 2.45) is 0 Å². The Morgan fingerprint density at radius 1 is 0.920 bits per heavy atom. The summed E-state index contributed by atoms with van der Waals surface area (Å²) in [5, 5.41) is 9.76. The van der Waals surface area contributed by atoms with Crippen LogP contribution in [0.4, 0.5) is 0 Å². The molecule has 0 atom stereocenters. The smallest absolute Gasteiger partial charge is 0.363 e. The molecule has 130 valence electrons. The topological polar surface area (TPSA) is 83.9 Å². The van der Waals surface area contributed by atoms with Crippen LogP contribution in [0.5, 0.6) is 0 Å². The number of carbonyl (C=O) groups excluding carboxylic acids is 3. The molecule has 2 aromatic rings. The van der Waals surface area contributed by atoms with Gasteiger partial charge in [0, 0.05) is 17.5 Å². The van der Waals surface area contributed by atoms with Crippen molar-refractivity contribution in [3.8, 4) is 0 Å². The zero-order chi connectivity index (χ0) is 18.2. The number of nitrogens with zero attached hydrogens (tertiary/aromatic N) is 1. The van der Waals surface area contributed by atoms with Crippen LogP contribution in [0.2, 0.25) is 0 Å². The lowest BCUT2D eigenvalue weighted by Crippen LogP contribution is -2.34. The van der Waals surface area contributed by atoms with Crippen LogP contribution in [-0.2, 0) is 9.63 Å². The molecule has 2 rings (SSSR count). The van der Waals surface area contributed by atoms with Gasteiger partial charge in [-0.3, -0.25) is 9.59 Å². The molecular formula is C19H19NO5. The minimum atomic E-state index is -0.780. The molecule has 0 spiro atoms. The summed E-state index contributed by atoms with van der Waals surface area (Å²) in [7, 11) is 0. The highest BCUT2D eigenvalue weighted by Gasteiger charge is 2.19. The molecule has 0 radical (unpaired) electrons. The van der Waals surface area contributed by atoms with Crippen molar-refractivity contribution in [1.82, 2.24) is 5.06 Å². The van der Waals surface area contributed by atoms with Crippen molar-refractivity contribution < 1.29 is 24.3 Å². The molecule has 0 heterocycles. The van der Waals surface area contributed by atoms with Crippen LogP contribution in [0.25, 0.3) is 0 Å². The molecule has 0 aliphatic rings. The van der Waals surface area contributed by atoms with E-state index < -0.39 is 18.6 Å². The Morgan fingerprint density at radius 3 is 2.04 bits per heavy atom. The van der Waals surface area contributed by atoms with Crippen LogP contribution in [0, 0.1) is 0 Å². The van der Waals surface area contributed by atoms with Crippen molar-refractivity contribution in [3.63, 3.8) is 0 Å². The van der Waals surface area contributed by atoms with Gasteiger partial charge in [-0.05, 0) is 18.6 Å². The van der Waals surface area contributed by atoms with Crippen LogP contribution >= 0.6 is 0 Å². The van der Waals surface area contributed by atoms with Gasteiger partial charge in [0.1, 0.15) is 0 Å². The first-order chi connectivity index (χ1) is 12.1. The van der Waals surface area contributed by atoms with Gasteiger partial charge in [-0.1, -0.05) is 49.4 Å². The third kappa shape index (κ3) is 4.74. The largest absolute Gasteiger partial charge is 0.373 e. The van der Waals surface area contributed by atoms with E-state index in [0.29, 0.717) is 22.6 Å². The van der Waals surface area contributed by atoms with E-state index in [1.54, 1.807) is 31.2 Å². The van der Waals surface area contributed by atoms with Crippen LogP contribution in [0.15, 0.2) is 54.6 Å². The fourth-order valence-electron chi connectivity index (χ4n) is 2.16. The van der Waals surface area contributed by atoms with E-state index in [9.17, 15) is 14.4 Å². The van der Waals surface area contributed by atoms with Gasteiger partial charge in [-0.25, -0.2) is 4.79 Å². The normalized spacial score (nSPS) is 10.2. The third-order valence-corrected chi connectivity index (χ3v) is 3.48. The minimum Gasteiger partial charge on any atom is -0.373 e. The van der Waals surface area contributed by atoms with Gasteiger partial charge >= 0.3 is 5.97 Å². The van der Waals surface area contributed by atoms with Crippen LogP contribution in [0.1, 0.15) is 46.0 Å². The molecule has 0 aromatic heterocycles. The molecule has 6 heteroatoms. The average molecular weight is 341 g/mol. The van der Waals surface area contributed by atoms with E-state index >= 15 is 0 Å². The predicted octanol–water partition coefficient (Wildman–Crippen LogP) is 2.57. The fourth-order valence-corrected chi connectivity index (χ4v) is 2.16. The first-order valence-corrected chi connectivity index (χ1v) is 7.90. The average Bonchev–Trinajstić information content (AvgIpc) is 2.66. The van der Waals surface area contributed by atoms with Crippen molar-refractivity contribution >= 4 is 17.7 Å². The number of hydroxylamine groups is 2. The van der Waals surface area contributed by atoms with Crippen LogP contribution in [0.3, 0.4) is 0 Å². The number of benzene rings is 2. The number of rotatable bonds is 6. The lowest BCUT2D eigenvalue weighted by Gasteiger charge is -2.18. The van der Waals surface area contributed by atoms with E-state index in [-0.39, 0.29) is 17.8 Å². The lowest BCUT2D eigenvalue weighted by molar-refractivity contribution is -0.182.